The van der Waals surface area contributed by atoms with Crippen LogP contribution >= 0.6 is 0 Å². The summed E-state index contributed by atoms with van der Waals surface area (Å²) < 4.78 is 0. The van der Waals surface area contributed by atoms with Gasteiger partial charge in [0.25, 0.3) is 0 Å². The van der Waals surface area contributed by atoms with Gasteiger partial charge in [0.05, 0.1) is 6.10 Å². The Morgan fingerprint density at radius 3 is 2.71 bits per heavy atom. The van der Waals surface area contributed by atoms with Crippen LogP contribution in [0.5, 0.6) is 0 Å². The molecule has 2 aliphatic carbocycles. The first-order valence-electron chi connectivity index (χ1n) is 6.20. The van der Waals surface area contributed by atoms with Crippen LogP contribution in [0.4, 0.5) is 0 Å². The second-order valence-corrected chi connectivity index (χ2v) is 5.00. The summed E-state index contributed by atoms with van der Waals surface area (Å²) in [4.78, 5) is 0. The zero-order valence-corrected chi connectivity index (χ0v) is 9.04. The van der Waals surface area contributed by atoms with E-state index in [1.807, 2.05) is 0 Å². The molecular weight excluding hydrogens is 172 g/mol. The van der Waals surface area contributed by atoms with E-state index in [2.05, 4.69) is 6.08 Å². The van der Waals surface area contributed by atoms with Gasteiger partial charge in [-0.05, 0) is 44.4 Å². The summed E-state index contributed by atoms with van der Waals surface area (Å²) in [5.41, 5.74) is 1.52. The Kier molecular flexibility index (Phi) is 3.63. The van der Waals surface area contributed by atoms with Gasteiger partial charge in [0.1, 0.15) is 0 Å². The molecule has 0 aliphatic heterocycles. The highest BCUT2D eigenvalue weighted by atomic mass is 16.3. The quantitative estimate of drug-likeness (QED) is 0.680. The first kappa shape index (κ1) is 10.2. The van der Waals surface area contributed by atoms with Crippen molar-refractivity contribution in [2.75, 3.05) is 0 Å². The molecule has 1 fully saturated rings. The van der Waals surface area contributed by atoms with Gasteiger partial charge >= 0.3 is 0 Å². The number of hydrogen-bond donors (Lipinski definition) is 1. The standard InChI is InChI=1S/C13H22O/c14-13(10-12-7-4-8-12)9-11-5-2-1-3-6-11/h5,12-14H,1-4,6-10H2. The number of aliphatic hydroxyl groups is 1. The number of hydrogen-bond acceptors (Lipinski definition) is 1. The maximum absolute atomic E-state index is 9.90. The van der Waals surface area contributed by atoms with E-state index in [1.54, 1.807) is 0 Å². The van der Waals surface area contributed by atoms with Gasteiger partial charge in [-0.25, -0.2) is 0 Å². The molecule has 1 heteroatoms. The molecule has 80 valence electrons. The minimum Gasteiger partial charge on any atom is -0.393 e. The monoisotopic (exact) mass is 194 g/mol. The first-order chi connectivity index (χ1) is 6.84. The first-order valence-corrected chi connectivity index (χ1v) is 6.20. The maximum atomic E-state index is 9.90. The Balaban J connectivity index is 1.69. The van der Waals surface area contributed by atoms with Crippen molar-refractivity contribution in [1.82, 2.24) is 0 Å². The van der Waals surface area contributed by atoms with E-state index in [1.165, 1.54) is 50.5 Å². The molecule has 1 nitrogen and oxygen atoms in total. The van der Waals surface area contributed by atoms with E-state index in [0.717, 1.165) is 18.8 Å². The molecule has 1 unspecified atom stereocenters. The van der Waals surface area contributed by atoms with Crippen LogP contribution in [0.25, 0.3) is 0 Å². The lowest BCUT2D eigenvalue weighted by atomic mass is 9.80. The highest BCUT2D eigenvalue weighted by molar-refractivity contribution is 5.06. The van der Waals surface area contributed by atoms with Crippen molar-refractivity contribution in [1.29, 1.82) is 0 Å². The third-order valence-corrected chi connectivity index (χ3v) is 3.71. The van der Waals surface area contributed by atoms with Gasteiger partial charge in [-0.15, -0.1) is 0 Å². The van der Waals surface area contributed by atoms with Gasteiger partial charge in [-0.2, -0.15) is 0 Å². The topological polar surface area (TPSA) is 20.2 Å². The average Bonchev–Trinajstić information content (AvgIpc) is 2.13. The Morgan fingerprint density at radius 1 is 1.29 bits per heavy atom. The zero-order valence-electron chi connectivity index (χ0n) is 9.04. The van der Waals surface area contributed by atoms with Crippen LogP contribution in [-0.2, 0) is 0 Å². The van der Waals surface area contributed by atoms with Crippen molar-refractivity contribution in [3.63, 3.8) is 0 Å². The summed E-state index contributed by atoms with van der Waals surface area (Å²) >= 11 is 0. The molecule has 1 atom stereocenters. The van der Waals surface area contributed by atoms with E-state index in [0.29, 0.717) is 0 Å². The molecule has 14 heavy (non-hydrogen) atoms. The van der Waals surface area contributed by atoms with Gasteiger partial charge in [0.2, 0.25) is 0 Å². The summed E-state index contributed by atoms with van der Waals surface area (Å²) in [6.45, 7) is 0. The SMILES string of the molecule is OC(CC1=CCCCC1)CC1CCC1. The molecule has 0 amide bonds. The molecule has 0 aromatic heterocycles. The van der Waals surface area contributed by atoms with Crippen LogP contribution in [-0.4, -0.2) is 11.2 Å². The molecule has 0 bridgehead atoms. The molecule has 2 aliphatic rings. The Labute approximate surface area is 87.2 Å². The molecule has 0 aromatic carbocycles. The largest absolute Gasteiger partial charge is 0.393 e. The molecule has 0 saturated heterocycles. The van der Waals surface area contributed by atoms with Crippen molar-refractivity contribution in [3.8, 4) is 0 Å². The minimum atomic E-state index is -0.0513. The van der Waals surface area contributed by atoms with Crippen molar-refractivity contribution >= 4 is 0 Å². The average molecular weight is 194 g/mol. The third-order valence-electron chi connectivity index (χ3n) is 3.71. The molecule has 0 aromatic rings. The van der Waals surface area contributed by atoms with Crippen LogP contribution < -0.4 is 0 Å². The van der Waals surface area contributed by atoms with Gasteiger partial charge in [-0.3, -0.25) is 0 Å². The number of rotatable bonds is 4. The lowest BCUT2D eigenvalue weighted by Gasteiger charge is -2.28. The molecule has 2 rings (SSSR count). The zero-order chi connectivity index (χ0) is 9.80. The van der Waals surface area contributed by atoms with Gasteiger partial charge < -0.3 is 5.11 Å². The fraction of sp³-hybridized carbons (Fsp3) is 0.846. The molecule has 0 radical (unpaired) electrons. The van der Waals surface area contributed by atoms with Crippen LogP contribution in [0.15, 0.2) is 11.6 Å². The second-order valence-electron chi connectivity index (χ2n) is 5.00. The summed E-state index contributed by atoms with van der Waals surface area (Å²) in [6.07, 6.45) is 13.6. The van der Waals surface area contributed by atoms with Crippen LogP contribution in [0, 0.1) is 5.92 Å². The molecule has 0 heterocycles. The Bertz CT molecular complexity index is 203. The minimum absolute atomic E-state index is 0.0513. The maximum Gasteiger partial charge on any atom is 0.0580 e. The van der Waals surface area contributed by atoms with Crippen LogP contribution in [0.1, 0.15) is 57.8 Å². The summed E-state index contributed by atoms with van der Waals surface area (Å²) in [6, 6.07) is 0. The van der Waals surface area contributed by atoms with Crippen LogP contribution in [0.3, 0.4) is 0 Å². The molecule has 1 N–H and O–H groups in total. The van der Waals surface area contributed by atoms with E-state index < -0.39 is 0 Å². The van der Waals surface area contributed by atoms with Gasteiger partial charge in [0, 0.05) is 0 Å². The second kappa shape index (κ2) is 4.97. The van der Waals surface area contributed by atoms with E-state index in [4.69, 9.17) is 0 Å². The van der Waals surface area contributed by atoms with Crippen molar-refractivity contribution in [2.45, 2.75) is 63.9 Å². The Morgan fingerprint density at radius 2 is 2.14 bits per heavy atom. The highest BCUT2D eigenvalue weighted by Crippen LogP contribution is 2.32. The highest BCUT2D eigenvalue weighted by Gasteiger charge is 2.21. The Hall–Kier alpha value is -0.300. The van der Waals surface area contributed by atoms with Crippen molar-refractivity contribution < 1.29 is 5.11 Å². The lowest BCUT2D eigenvalue weighted by molar-refractivity contribution is 0.116. The van der Waals surface area contributed by atoms with Gasteiger partial charge in [0.15, 0.2) is 0 Å². The van der Waals surface area contributed by atoms with Crippen molar-refractivity contribution in [3.05, 3.63) is 11.6 Å². The van der Waals surface area contributed by atoms with E-state index in [9.17, 15) is 5.11 Å². The summed E-state index contributed by atoms with van der Waals surface area (Å²) in [5, 5.41) is 9.90. The predicted octanol–water partition coefficient (Wildman–Crippen LogP) is 3.43. The normalized spacial score (nSPS) is 25.4. The number of aliphatic hydroxyl groups excluding tert-OH is 1. The third kappa shape index (κ3) is 2.84. The van der Waals surface area contributed by atoms with Crippen LogP contribution in [0.2, 0.25) is 0 Å². The lowest BCUT2D eigenvalue weighted by Crippen LogP contribution is -2.19. The fourth-order valence-corrected chi connectivity index (χ4v) is 2.59. The fourth-order valence-electron chi connectivity index (χ4n) is 2.59. The summed E-state index contributed by atoms with van der Waals surface area (Å²) in [5.74, 6) is 0.842. The van der Waals surface area contributed by atoms with Crippen molar-refractivity contribution in [2.24, 2.45) is 5.92 Å². The number of allylic oxidation sites excluding steroid dienone is 1. The predicted molar refractivity (Wildman–Crippen MR) is 59.1 cm³/mol. The molecular formula is C13H22O. The molecule has 1 saturated carbocycles. The summed E-state index contributed by atoms with van der Waals surface area (Å²) in [7, 11) is 0. The van der Waals surface area contributed by atoms with Gasteiger partial charge in [-0.1, -0.05) is 30.9 Å². The molecule has 0 spiro atoms. The smallest absolute Gasteiger partial charge is 0.0580 e. The van der Waals surface area contributed by atoms with E-state index in [-0.39, 0.29) is 6.10 Å². The van der Waals surface area contributed by atoms with E-state index >= 15 is 0 Å².